The molecule has 0 atom stereocenters. The highest BCUT2D eigenvalue weighted by molar-refractivity contribution is 5.68. The van der Waals surface area contributed by atoms with E-state index in [1.54, 1.807) is 0 Å². The number of hydrogen-bond donors (Lipinski definition) is 0. The number of ether oxygens (including phenoxy) is 1. The van der Waals surface area contributed by atoms with E-state index in [4.69, 9.17) is 4.74 Å². The third kappa shape index (κ3) is 3.38. The topological polar surface area (TPSA) is 12.5 Å². The van der Waals surface area contributed by atoms with E-state index in [2.05, 4.69) is 29.7 Å². The first-order valence-corrected chi connectivity index (χ1v) is 6.31. The highest BCUT2D eigenvalue weighted by Crippen LogP contribution is 2.25. The summed E-state index contributed by atoms with van der Waals surface area (Å²) in [4.78, 5) is 2.07. The number of anilines is 1. The van der Waals surface area contributed by atoms with Crippen LogP contribution in [0.1, 0.15) is 11.1 Å². The molecule has 0 radical (unpaired) electrons. The van der Waals surface area contributed by atoms with Crippen LogP contribution in [-0.4, -0.2) is 14.1 Å². The molecule has 0 aliphatic carbocycles. The van der Waals surface area contributed by atoms with E-state index in [1.165, 1.54) is 5.56 Å². The van der Waals surface area contributed by atoms with Crippen molar-refractivity contribution >= 4 is 11.8 Å². The first-order valence-electron chi connectivity index (χ1n) is 6.31. The van der Waals surface area contributed by atoms with E-state index in [-0.39, 0.29) is 0 Å². The zero-order chi connectivity index (χ0) is 13.7. The number of rotatable bonds is 5. The Labute approximate surface area is 114 Å². The van der Waals surface area contributed by atoms with Gasteiger partial charge < -0.3 is 9.64 Å². The molecule has 0 saturated heterocycles. The summed E-state index contributed by atoms with van der Waals surface area (Å²) in [5.41, 5.74) is 3.39. The van der Waals surface area contributed by atoms with Gasteiger partial charge in [0.1, 0.15) is 12.4 Å². The Hall–Kier alpha value is -2.22. The van der Waals surface area contributed by atoms with Crippen LogP contribution >= 0.6 is 0 Å². The summed E-state index contributed by atoms with van der Waals surface area (Å²) in [6, 6.07) is 16.2. The van der Waals surface area contributed by atoms with Gasteiger partial charge in [-0.05, 0) is 23.8 Å². The summed E-state index contributed by atoms with van der Waals surface area (Å²) in [5.74, 6) is 0.865. The van der Waals surface area contributed by atoms with Gasteiger partial charge in [0.25, 0.3) is 0 Å². The van der Waals surface area contributed by atoms with E-state index in [0.717, 1.165) is 17.0 Å². The van der Waals surface area contributed by atoms with Crippen LogP contribution in [0, 0.1) is 0 Å². The standard InChI is InChI=1S/C17H19NO/c1-4-15-12-16(10-11-17(15)18(2)3)19-13-14-8-6-5-7-9-14/h4-12H,1,13H2,2-3H3. The van der Waals surface area contributed by atoms with Crippen molar-refractivity contribution < 1.29 is 4.74 Å². The fourth-order valence-corrected chi connectivity index (χ4v) is 1.93. The first kappa shape index (κ1) is 13.2. The van der Waals surface area contributed by atoms with E-state index in [0.29, 0.717) is 6.61 Å². The third-order valence-electron chi connectivity index (χ3n) is 2.95. The average molecular weight is 253 g/mol. The monoisotopic (exact) mass is 253 g/mol. The summed E-state index contributed by atoms with van der Waals surface area (Å²) >= 11 is 0. The first-order chi connectivity index (χ1) is 9.20. The molecule has 0 saturated carbocycles. The lowest BCUT2D eigenvalue weighted by molar-refractivity contribution is 0.306. The molecule has 2 nitrogen and oxygen atoms in total. The number of benzene rings is 2. The minimum atomic E-state index is 0.582. The number of hydrogen-bond acceptors (Lipinski definition) is 2. The van der Waals surface area contributed by atoms with Crippen LogP contribution in [0.3, 0.4) is 0 Å². The van der Waals surface area contributed by atoms with Crippen molar-refractivity contribution in [2.24, 2.45) is 0 Å². The molecule has 0 aliphatic heterocycles. The molecule has 0 N–H and O–H groups in total. The summed E-state index contributed by atoms with van der Waals surface area (Å²) in [7, 11) is 4.04. The zero-order valence-corrected chi connectivity index (χ0v) is 11.5. The van der Waals surface area contributed by atoms with Crippen molar-refractivity contribution in [1.82, 2.24) is 0 Å². The summed E-state index contributed by atoms with van der Waals surface area (Å²) in [6.45, 7) is 4.43. The maximum absolute atomic E-state index is 5.80. The van der Waals surface area contributed by atoms with Gasteiger partial charge in [0.15, 0.2) is 0 Å². The van der Waals surface area contributed by atoms with Gasteiger partial charge in [0.05, 0.1) is 0 Å². The lowest BCUT2D eigenvalue weighted by Gasteiger charge is -2.17. The van der Waals surface area contributed by atoms with Crippen molar-refractivity contribution in [2.75, 3.05) is 19.0 Å². The normalized spacial score (nSPS) is 10.0. The van der Waals surface area contributed by atoms with E-state index in [1.807, 2.05) is 50.5 Å². The minimum absolute atomic E-state index is 0.582. The van der Waals surface area contributed by atoms with Crippen LogP contribution in [-0.2, 0) is 6.61 Å². The molecular formula is C17H19NO. The second kappa shape index (κ2) is 6.10. The van der Waals surface area contributed by atoms with Gasteiger partial charge in [-0.15, -0.1) is 0 Å². The molecule has 0 aliphatic rings. The lowest BCUT2D eigenvalue weighted by atomic mass is 10.1. The SMILES string of the molecule is C=Cc1cc(OCc2ccccc2)ccc1N(C)C. The summed E-state index contributed by atoms with van der Waals surface area (Å²) < 4.78 is 5.80. The van der Waals surface area contributed by atoms with E-state index < -0.39 is 0 Å². The Morgan fingerprint density at radius 3 is 2.47 bits per heavy atom. The molecule has 0 unspecified atom stereocenters. The smallest absolute Gasteiger partial charge is 0.120 e. The maximum atomic E-state index is 5.80. The highest BCUT2D eigenvalue weighted by atomic mass is 16.5. The Morgan fingerprint density at radius 2 is 1.84 bits per heavy atom. The highest BCUT2D eigenvalue weighted by Gasteiger charge is 2.04. The van der Waals surface area contributed by atoms with Gasteiger partial charge in [-0.2, -0.15) is 0 Å². The summed E-state index contributed by atoms with van der Waals surface area (Å²) in [6.07, 6.45) is 1.85. The van der Waals surface area contributed by atoms with Gasteiger partial charge in [-0.1, -0.05) is 43.0 Å². The van der Waals surface area contributed by atoms with Crippen molar-refractivity contribution in [3.05, 3.63) is 66.2 Å². The van der Waals surface area contributed by atoms with Gasteiger partial charge in [-0.25, -0.2) is 0 Å². The lowest BCUT2D eigenvalue weighted by Crippen LogP contribution is -2.10. The van der Waals surface area contributed by atoms with Crippen LogP contribution < -0.4 is 9.64 Å². The molecule has 2 heteroatoms. The quantitative estimate of drug-likeness (QED) is 0.799. The van der Waals surface area contributed by atoms with Crippen molar-refractivity contribution in [3.8, 4) is 5.75 Å². The molecule has 0 aromatic heterocycles. The van der Waals surface area contributed by atoms with E-state index in [9.17, 15) is 0 Å². The average Bonchev–Trinajstić information content (AvgIpc) is 2.45. The van der Waals surface area contributed by atoms with Crippen LogP contribution in [0.15, 0.2) is 55.1 Å². The Kier molecular flexibility index (Phi) is 4.24. The van der Waals surface area contributed by atoms with Gasteiger partial charge >= 0.3 is 0 Å². The third-order valence-corrected chi connectivity index (χ3v) is 2.95. The summed E-state index contributed by atoms with van der Waals surface area (Å²) in [5, 5.41) is 0. The molecule has 98 valence electrons. The largest absolute Gasteiger partial charge is 0.489 e. The number of nitrogens with zero attached hydrogens (tertiary/aromatic N) is 1. The van der Waals surface area contributed by atoms with Gasteiger partial charge in [0.2, 0.25) is 0 Å². The van der Waals surface area contributed by atoms with Gasteiger partial charge in [-0.3, -0.25) is 0 Å². The van der Waals surface area contributed by atoms with Crippen LogP contribution in [0.25, 0.3) is 6.08 Å². The molecule has 0 spiro atoms. The minimum Gasteiger partial charge on any atom is -0.489 e. The second-order valence-electron chi connectivity index (χ2n) is 4.59. The Bertz CT molecular complexity index is 546. The molecule has 19 heavy (non-hydrogen) atoms. The molecular weight excluding hydrogens is 234 g/mol. The molecule has 2 rings (SSSR count). The van der Waals surface area contributed by atoms with Gasteiger partial charge in [0, 0.05) is 25.3 Å². The maximum Gasteiger partial charge on any atom is 0.120 e. The van der Waals surface area contributed by atoms with Crippen molar-refractivity contribution in [3.63, 3.8) is 0 Å². The van der Waals surface area contributed by atoms with Crippen LogP contribution in [0.4, 0.5) is 5.69 Å². The van der Waals surface area contributed by atoms with Crippen molar-refractivity contribution in [1.29, 1.82) is 0 Å². The fraction of sp³-hybridized carbons (Fsp3) is 0.176. The van der Waals surface area contributed by atoms with Crippen LogP contribution in [0.5, 0.6) is 5.75 Å². The molecule has 0 bridgehead atoms. The fourth-order valence-electron chi connectivity index (χ4n) is 1.93. The van der Waals surface area contributed by atoms with E-state index >= 15 is 0 Å². The van der Waals surface area contributed by atoms with Crippen LogP contribution in [0.2, 0.25) is 0 Å². The molecule has 2 aromatic rings. The van der Waals surface area contributed by atoms with Crippen molar-refractivity contribution in [2.45, 2.75) is 6.61 Å². The molecule has 0 heterocycles. The second-order valence-corrected chi connectivity index (χ2v) is 4.59. The molecule has 0 amide bonds. The zero-order valence-electron chi connectivity index (χ0n) is 11.5. The molecule has 0 fully saturated rings. The molecule has 2 aromatic carbocycles. The Morgan fingerprint density at radius 1 is 1.11 bits per heavy atom. The predicted octanol–water partition coefficient (Wildman–Crippen LogP) is 3.97. The predicted molar refractivity (Wildman–Crippen MR) is 81.6 cm³/mol. The Balaban J connectivity index is 2.11.